The molecule has 4 aromatic rings. The van der Waals surface area contributed by atoms with Crippen LogP contribution in [0.3, 0.4) is 0 Å². The standard InChI is InChI=1S/C18H17N5OS/c1-11-7-9-13(10-8-11)19-16(24)12(2)25-18-22-21-17-20-14-5-3-4-6-15(14)23(17)18/h3-10,12H,1-2H3,(H,19,24)(H,20,21)/t12-/m1/s1. The fourth-order valence-electron chi connectivity index (χ4n) is 2.61. The van der Waals surface area contributed by atoms with Gasteiger partial charge in [0.25, 0.3) is 0 Å². The van der Waals surface area contributed by atoms with E-state index in [0.717, 1.165) is 27.4 Å². The van der Waals surface area contributed by atoms with E-state index in [1.807, 2.05) is 66.8 Å². The summed E-state index contributed by atoms with van der Waals surface area (Å²) in [5.74, 6) is 0.615. The van der Waals surface area contributed by atoms with E-state index in [1.54, 1.807) is 0 Å². The number of thioether (sulfide) groups is 1. The maximum Gasteiger partial charge on any atom is 0.237 e. The number of aryl methyl sites for hydroxylation is 1. The van der Waals surface area contributed by atoms with Gasteiger partial charge in [-0.05, 0) is 38.1 Å². The molecule has 0 bridgehead atoms. The van der Waals surface area contributed by atoms with Gasteiger partial charge < -0.3 is 5.32 Å². The van der Waals surface area contributed by atoms with Gasteiger partial charge in [-0.2, -0.15) is 0 Å². The van der Waals surface area contributed by atoms with E-state index in [0.29, 0.717) is 5.78 Å². The maximum absolute atomic E-state index is 12.5. The van der Waals surface area contributed by atoms with Gasteiger partial charge in [-0.15, -0.1) is 5.10 Å². The van der Waals surface area contributed by atoms with Crippen LogP contribution in [0.4, 0.5) is 5.69 Å². The van der Waals surface area contributed by atoms with Crippen LogP contribution in [-0.2, 0) is 4.79 Å². The molecule has 0 fully saturated rings. The molecule has 0 unspecified atom stereocenters. The first-order valence-electron chi connectivity index (χ1n) is 7.97. The van der Waals surface area contributed by atoms with Gasteiger partial charge in [0.2, 0.25) is 11.7 Å². The van der Waals surface area contributed by atoms with Crippen molar-refractivity contribution in [3.8, 4) is 0 Å². The zero-order valence-electron chi connectivity index (χ0n) is 13.9. The van der Waals surface area contributed by atoms with Crippen LogP contribution in [0.15, 0.2) is 53.7 Å². The van der Waals surface area contributed by atoms with Crippen LogP contribution in [0.2, 0.25) is 0 Å². The molecule has 2 aromatic heterocycles. The lowest BCUT2D eigenvalue weighted by Gasteiger charge is -2.11. The van der Waals surface area contributed by atoms with Gasteiger partial charge in [0, 0.05) is 5.69 Å². The van der Waals surface area contributed by atoms with Crippen LogP contribution < -0.4 is 5.32 Å². The van der Waals surface area contributed by atoms with Crippen LogP contribution in [0, 0.1) is 6.92 Å². The molecule has 1 amide bonds. The minimum atomic E-state index is -0.297. The van der Waals surface area contributed by atoms with Crippen molar-refractivity contribution >= 4 is 40.2 Å². The predicted molar refractivity (Wildman–Crippen MR) is 100.0 cm³/mol. The molecule has 2 aromatic carbocycles. The molecule has 0 saturated carbocycles. The van der Waals surface area contributed by atoms with Crippen molar-refractivity contribution < 1.29 is 4.79 Å². The third-order valence-electron chi connectivity index (χ3n) is 3.97. The molecule has 2 N–H and O–H groups in total. The smallest absolute Gasteiger partial charge is 0.237 e. The number of fused-ring (bicyclic) bond motifs is 3. The number of hydrogen-bond donors (Lipinski definition) is 2. The summed E-state index contributed by atoms with van der Waals surface area (Å²) in [6.07, 6.45) is 0. The second-order valence-electron chi connectivity index (χ2n) is 5.88. The number of imidazole rings is 1. The summed E-state index contributed by atoms with van der Waals surface area (Å²) < 4.78 is 1.94. The van der Waals surface area contributed by atoms with Crippen LogP contribution in [0.5, 0.6) is 0 Å². The number of aromatic nitrogens is 4. The molecule has 0 radical (unpaired) electrons. The Morgan fingerprint density at radius 1 is 1.20 bits per heavy atom. The molecular formula is C18H17N5OS. The molecule has 4 rings (SSSR count). The van der Waals surface area contributed by atoms with E-state index in [1.165, 1.54) is 11.8 Å². The first-order valence-corrected chi connectivity index (χ1v) is 8.85. The number of aromatic amines is 1. The van der Waals surface area contributed by atoms with E-state index < -0.39 is 0 Å². The number of benzene rings is 2. The molecule has 0 aliphatic carbocycles. The van der Waals surface area contributed by atoms with Gasteiger partial charge in [-0.25, -0.2) is 10.1 Å². The molecule has 7 heteroatoms. The van der Waals surface area contributed by atoms with E-state index in [4.69, 9.17) is 0 Å². The van der Waals surface area contributed by atoms with E-state index in [9.17, 15) is 4.79 Å². The minimum Gasteiger partial charge on any atom is -0.325 e. The lowest BCUT2D eigenvalue weighted by atomic mass is 10.2. The Kier molecular flexibility index (Phi) is 3.93. The number of rotatable bonds is 4. The largest absolute Gasteiger partial charge is 0.325 e. The second-order valence-corrected chi connectivity index (χ2v) is 7.19. The number of hydrogen-bond acceptors (Lipinski definition) is 4. The Bertz CT molecular complexity index is 1050. The highest BCUT2D eigenvalue weighted by atomic mass is 32.2. The SMILES string of the molecule is Cc1ccc(NC(=O)[C@@H](C)Sc2n[nH]c3nc4ccccc4n23)cc1. The molecule has 2 heterocycles. The number of para-hydroxylation sites is 2. The first kappa shape index (κ1) is 15.7. The number of carbonyl (C=O) groups excluding carboxylic acids is 1. The van der Waals surface area contributed by atoms with Crippen LogP contribution in [0.1, 0.15) is 12.5 Å². The molecule has 0 saturated heterocycles. The average Bonchev–Trinajstić information content (AvgIpc) is 3.16. The molecule has 0 spiro atoms. The van der Waals surface area contributed by atoms with Crippen LogP contribution >= 0.6 is 11.8 Å². The highest BCUT2D eigenvalue weighted by Gasteiger charge is 2.19. The van der Waals surface area contributed by atoms with Crippen LogP contribution in [-0.4, -0.2) is 30.7 Å². The predicted octanol–water partition coefficient (Wildman–Crippen LogP) is 3.64. The molecule has 126 valence electrons. The van der Waals surface area contributed by atoms with E-state index >= 15 is 0 Å². The number of nitrogens with one attached hydrogen (secondary N) is 2. The molecule has 1 atom stereocenters. The number of nitrogens with zero attached hydrogens (tertiary/aromatic N) is 3. The monoisotopic (exact) mass is 351 g/mol. The molecule has 6 nitrogen and oxygen atoms in total. The number of anilines is 1. The number of amides is 1. The van der Waals surface area contributed by atoms with Crippen molar-refractivity contribution in [3.63, 3.8) is 0 Å². The second kappa shape index (κ2) is 6.25. The first-order chi connectivity index (χ1) is 12.1. The molecule has 0 aliphatic rings. The van der Waals surface area contributed by atoms with Crippen molar-refractivity contribution in [2.75, 3.05) is 5.32 Å². The summed E-state index contributed by atoms with van der Waals surface area (Å²) >= 11 is 1.40. The van der Waals surface area contributed by atoms with Gasteiger partial charge in [-0.1, -0.05) is 41.6 Å². The highest BCUT2D eigenvalue weighted by Crippen LogP contribution is 2.26. The van der Waals surface area contributed by atoms with Crippen molar-refractivity contribution in [1.82, 2.24) is 19.6 Å². The van der Waals surface area contributed by atoms with Crippen molar-refractivity contribution in [2.45, 2.75) is 24.3 Å². The lowest BCUT2D eigenvalue weighted by Crippen LogP contribution is -2.22. The summed E-state index contributed by atoms with van der Waals surface area (Å²) in [6.45, 7) is 3.89. The van der Waals surface area contributed by atoms with Gasteiger partial charge in [0.1, 0.15) is 0 Å². The number of H-pyrrole nitrogens is 1. The quantitative estimate of drug-likeness (QED) is 0.551. The fraction of sp³-hybridized carbons (Fsp3) is 0.167. The lowest BCUT2D eigenvalue weighted by molar-refractivity contribution is -0.115. The minimum absolute atomic E-state index is 0.0607. The van der Waals surface area contributed by atoms with E-state index in [-0.39, 0.29) is 11.2 Å². The summed E-state index contributed by atoms with van der Waals surface area (Å²) in [4.78, 5) is 17.0. The Balaban J connectivity index is 1.56. The topological polar surface area (TPSA) is 75.1 Å². The van der Waals surface area contributed by atoms with Crippen molar-refractivity contribution in [3.05, 3.63) is 54.1 Å². The summed E-state index contributed by atoms with van der Waals surface area (Å²) in [7, 11) is 0. The third kappa shape index (κ3) is 2.98. The Hall–Kier alpha value is -2.80. The third-order valence-corrected chi connectivity index (χ3v) is 5.03. The summed E-state index contributed by atoms with van der Waals surface area (Å²) in [6, 6.07) is 15.6. The van der Waals surface area contributed by atoms with Crippen molar-refractivity contribution in [2.24, 2.45) is 0 Å². The van der Waals surface area contributed by atoms with E-state index in [2.05, 4.69) is 20.5 Å². The van der Waals surface area contributed by atoms with Gasteiger partial charge in [0.05, 0.1) is 16.3 Å². The van der Waals surface area contributed by atoms with Crippen molar-refractivity contribution in [1.29, 1.82) is 0 Å². The zero-order valence-corrected chi connectivity index (χ0v) is 14.7. The Labute approximate surface area is 148 Å². The fourth-order valence-corrected chi connectivity index (χ4v) is 3.48. The summed E-state index contributed by atoms with van der Waals surface area (Å²) in [5.41, 5.74) is 3.82. The normalized spacial score (nSPS) is 12.6. The molecular weight excluding hydrogens is 334 g/mol. The van der Waals surface area contributed by atoms with Gasteiger partial charge >= 0.3 is 0 Å². The average molecular weight is 351 g/mol. The number of carbonyl (C=O) groups is 1. The Morgan fingerprint density at radius 2 is 1.96 bits per heavy atom. The maximum atomic E-state index is 12.5. The molecule has 25 heavy (non-hydrogen) atoms. The molecule has 0 aliphatic heterocycles. The van der Waals surface area contributed by atoms with Crippen LogP contribution in [0.25, 0.3) is 16.8 Å². The van der Waals surface area contributed by atoms with Gasteiger partial charge in [-0.3, -0.25) is 9.20 Å². The highest BCUT2D eigenvalue weighted by molar-refractivity contribution is 8.00. The summed E-state index contributed by atoms with van der Waals surface area (Å²) in [5, 5.41) is 10.6. The van der Waals surface area contributed by atoms with Gasteiger partial charge in [0.15, 0.2) is 5.16 Å². The Morgan fingerprint density at radius 3 is 2.76 bits per heavy atom. The zero-order chi connectivity index (χ0) is 17.4.